The summed E-state index contributed by atoms with van der Waals surface area (Å²) in [5.41, 5.74) is 4.08. The van der Waals surface area contributed by atoms with E-state index in [0.29, 0.717) is 0 Å². The predicted molar refractivity (Wildman–Crippen MR) is 52.7 cm³/mol. The normalized spacial score (nSPS) is 9.75. The van der Waals surface area contributed by atoms with Gasteiger partial charge in [-0.3, -0.25) is 0 Å². The number of rotatable bonds is 3. The second-order valence-electron chi connectivity index (χ2n) is 2.77. The van der Waals surface area contributed by atoms with E-state index in [1.807, 2.05) is 5.32 Å². The Hall–Kier alpha value is -2.05. The van der Waals surface area contributed by atoms with E-state index in [1.165, 1.54) is 14.2 Å². The summed E-state index contributed by atoms with van der Waals surface area (Å²) in [5, 5.41) is 1.82. The quantitative estimate of drug-likeness (QED) is 0.828. The molecule has 88 valence electrons. The van der Waals surface area contributed by atoms with Gasteiger partial charge in [-0.2, -0.15) is 0 Å². The lowest BCUT2D eigenvalue weighted by Crippen LogP contribution is -2.21. The number of anilines is 1. The highest BCUT2D eigenvalue weighted by Gasteiger charge is 2.20. The maximum absolute atomic E-state index is 13.5. The lowest BCUT2D eigenvalue weighted by Gasteiger charge is -2.12. The number of primary amides is 1. The van der Waals surface area contributed by atoms with Gasteiger partial charge >= 0.3 is 6.03 Å². The van der Waals surface area contributed by atoms with E-state index >= 15 is 0 Å². The molecule has 16 heavy (non-hydrogen) atoms. The van der Waals surface area contributed by atoms with Crippen LogP contribution in [0.2, 0.25) is 0 Å². The first-order valence-corrected chi connectivity index (χ1v) is 4.17. The molecule has 0 aliphatic carbocycles. The molecule has 0 heterocycles. The van der Waals surface area contributed by atoms with Crippen LogP contribution in [-0.2, 0) is 0 Å². The van der Waals surface area contributed by atoms with Gasteiger partial charge in [0.25, 0.3) is 0 Å². The van der Waals surface area contributed by atoms with Gasteiger partial charge in [0.15, 0.2) is 23.1 Å². The largest absolute Gasteiger partial charge is 0.493 e. The number of nitrogens with two attached hydrogens (primary N) is 1. The first-order chi connectivity index (χ1) is 7.51. The van der Waals surface area contributed by atoms with Gasteiger partial charge in [-0.1, -0.05) is 0 Å². The molecule has 0 aliphatic rings. The lowest BCUT2D eigenvalue weighted by atomic mass is 10.2. The van der Waals surface area contributed by atoms with Crippen LogP contribution in [0.15, 0.2) is 6.07 Å². The second-order valence-corrected chi connectivity index (χ2v) is 2.77. The van der Waals surface area contributed by atoms with E-state index in [1.54, 1.807) is 0 Å². The van der Waals surface area contributed by atoms with Crippen LogP contribution >= 0.6 is 0 Å². The fourth-order valence-corrected chi connectivity index (χ4v) is 1.12. The van der Waals surface area contributed by atoms with Crippen LogP contribution < -0.4 is 20.5 Å². The molecule has 7 heteroatoms. The van der Waals surface area contributed by atoms with Gasteiger partial charge in [0.2, 0.25) is 0 Å². The molecule has 0 radical (unpaired) electrons. The molecule has 0 spiro atoms. The van der Waals surface area contributed by atoms with Crippen molar-refractivity contribution in [1.29, 1.82) is 0 Å². The maximum Gasteiger partial charge on any atom is 0.316 e. The number of halogens is 2. The van der Waals surface area contributed by atoms with E-state index in [-0.39, 0.29) is 11.5 Å². The molecule has 2 amide bonds. The zero-order chi connectivity index (χ0) is 12.3. The van der Waals surface area contributed by atoms with Gasteiger partial charge in [0.1, 0.15) is 5.69 Å². The molecular weight excluding hydrogens is 222 g/mol. The molecule has 5 nitrogen and oxygen atoms in total. The molecule has 0 atom stereocenters. The first kappa shape index (κ1) is 12.0. The highest BCUT2D eigenvalue weighted by atomic mass is 19.1. The Bertz CT molecular complexity index is 395. The predicted octanol–water partition coefficient (Wildman–Crippen LogP) is 1.47. The highest BCUT2D eigenvalue weighted by Crippen LogP contribution is 2.34. The summed E-state index contributed by atoms with van der Waals surface area (Å²) in [6, 6.07) is -0.0651. The molecule has 0 fully saturated rings. The summed E-state index contributed by atoms with van der Waals surface area (Å²) in [5.74, 6) is -2.64. The molecule has 0 bridgehead atoms. The molecule has 0 unspecified atom stereocenters. The van der Waals surface area contributed by atoms with Crippen molar-refractivity contribution in [1.82, 2.24) is 0 Å². The average molecular weight is 232 g/mol. The van der Waals surface area contributed by atoms with Crippen molar-refractivity contribution in [2.24, 2.45) is 5.73 Å². The zero-order valence-electron chi connectivity index (χ0n) is 8.64. The third-order valence-electron chi connectivity index (χ3n) is 1.82. The molecule has 0 aliphatic heterocycles. The van der Waals surface area contributed by atoms with Crippen LogP contribution in [-0.4, -0.2) is 20.3 Å². The van der Waals surface area contributed by atoms with E-state index in [4.69, 9.17) is 5.73 Å². The fourth-order valence-electron chi connectivity index (χ4n) is 1.12. The van der Waals surface area contributed by atoms with Gasteiger partial charge in [0, 0.05) is 6.07 Å². The topological polar surface area (TPSA) is 73.6 Å². The number of nitrogens with one attached hydrogen (secondary N) is 1. The molecular formula is C9H10F2N2O3. The number of amides is 2. The first-order valence-electron chi connectivity index (χ1n) is 4.17. The van der Waals surface area contributed by atoms with Crippen molar-refractivity contribution < 1.29 is 23.0 Å². The van der Waals surface area contributed by atoms with Crippen LogP contribution in [0.4, 0.5) is 19.3 Å². The monoisotopic (exact) mass is 232 g/mol. The molecule has 1 aromatic carbocycles. The number of urea groups is 1. The summed E-state index contributed by atoms with van der Waals surface area (Å²) in [6.07, 6.45) is 0. The van der Waals surface area contributed by atoms with Crippen LogP contribution in [0.1, 0.15) is 0 Å². The Labute approximate surface area is 90.1 Å². The van der Waals surface area contributed by atoms with Crippen molar-refractivity contribution >= 4 is 11.7 Å². The average Bonchev–Trinajstić information content (AvgIpc) is 2.24. The number of carbonyl (C=O) groups excluding carboxylic acids is 1. The smallest absolute Gasteiger partial charge is 0.316 e. The minimum absolute atomic E-state index is 0.262. The fraction of sp³-hybridized carbons (Fsp3) is 0.222. The summed E-state index contributed by atoms with van der Waals surface area (Å²) in [6.45, 7) is 0. The van der Waals surface area contributed by atoms with E-state index < -0.39 is 23.4 Å². The number of hydrogen-bond donors (Lipinski definition) is 2. The van der Waals surface area contributed by atoms with Gasteiger partial charge < -0.3 is 20.5 Å². The van der Waals surface area contributed by atoms with Crippen LogP contribution in [0.3, 0.4) is 0 Å². The molecule has 0 saturated carbocycles. The molecule has 1 aromatic rings. The highest BCUT2D eigenvalue weighted by molar-refractivity contribution is 5.88. The standard InChI is InChI=1S/C9H10F2N2O3/c1-15-4-3-5(16-2)7(11)8(6(4)10)13-9(12)14/h3H,1-2H3,(H3,12,13,14). The summed E-state index contributed by atoms with van der Waals surface area (Å²) in [4.78, 5) is 10.6. The number of ether oxygens (including phenoxy) is 2. The summed E-state index contributed by atoms with van der Waals surface area (Å²) in [7, 11) is 2.40. The second kappa shape index (κ2) is 4.65. The van der Waals surface area contributed by atoms with Crippen molar-refractivity contribution in [3.05, 3.63) is 17.7 Å². The minimum atomic E-state index is -1.09. The zero-order valence-corrected chi connectivity index (χ0v) is 8.64. The number of carbonyl (C=O) groups is 1. The third-order valence-corrected chi connectivity index (χ3v) is 1.82. The number of benzene rings is 1. The van der Waals surface area contributed by atoms with E-state index in [9.17, 15) is 13.6 Å². The SMILES string of the molecule is COc1cc(OC)c(F)c(NC(N)=O)c1F. The number of methoxy groups -OCH3 is 2. The molecule has 1 rings (SSSR count). The van der Waals surface area contributed by atoms with Crippen molar-refractivity contribution in [3.8, 4) is 11.5 Å². The Morgan fingerprint density at radius 2 is 1.69 bits per heavy atom. The van der Waals surface area contributed by atoms with Gasteiger partial charge in [-0.15, -0.1) is 0 Å². The Morgan fingerprint density at radius 3 is 2.00 bits per heavy atom. The van der Waals surface area contributed by atoms with Crippen LogP contribution in [0.25, 0.3) is 0 Å². The van der Waals surface area contributed by atoms with E-state index in [0.717, 1.165) is 6.07 Å². The molecule has 0 aromatic heterocycles. The summed E-state index contributed by atoms with van der Waals surface area (Å²) < 4.78 is 36.3. The van der Waals surface area contributed by atoms with Gasteiger partial charge in [-0.05, 0) is 0 Å². The Balaban J connectivity index is 3.36. The van der Waals surface area contributed by atoms with Crippen molar-refractivity contribution in [2.45, 2.75) is 0 Å². The summed E-state index contributed by atoms with van der Waals surface area (Å²) >= 11 is 0. The molecule has 3 N–H and O–H groups in total. The van der Waals surface area contributed by atoms with Gasteiger partial charge in [-0.25, -0.2) is 13.6 Å². The maximum atomic E-state index is 13.5. The van der Waals surface area contributed by atoms with Crippen molar-refractivity contribution in [3.63, 3.8) is 0 Å². The van der Waals surface area contributed by atoms with Gasteiger partial charge in [0.05, 0.1) is 14.2 Å². The third kappa shape index (κ3) is 2.13. The molecule has 0 saturated heterocycles. The van der Waals surface area contributed by atoms with E-state index in [2.05, 4.69) is 9.47 Å². The Morgan fingerprint density at radius 1 is 1.25 bits per heavy atom. The van der Waals surface area contributed by atoms with Crippen LogP contribution in [0.5, 0.6) is 11.5 Å². The lowest BCUT2D eigenvalue weighted by molar-refractivity contribution is 0.259. The minimum Gasteiger partial charge on any atom is -0.493 e. The Kier molecular flexibility index (Phi) is 3.49. The van der Waals surface area contributed by atoms with Crippen LogP contribution in [0, 0.1) is 11.6 Å². The number of hydrogen-bond acceptors (Lipinski definition) is 3. The van der Waals surface area contributed by atoms with Crippen molar-refractivity contribution in [2.75, 3.05) is 19.5 Å².